The van der Waals surface area contributed by atoms with Crippen LogP contribution in [0.25, 0.3) is 0 Å². The summed E-state index contributed by atoms with van der Waals surface area (Å²) in [4.78, 5) is 12.3. The number of carbonyl (C=O) groups is 1. The summed E-state index contributed by atoms with van der Waals surface area (Å²) in [5, 5.41) is 0.232. The first-order valence-corrected chi connectivity index (χ1v) is 3.73. The van der Waals surface area contributed by atoms with E-state index in [0.29, 0.717) is 5.75 Å². The Morgan fingerprint density at radius 1 is 1.45 bits per heavy atom. The first kappa shape index (κ1) is 13.4. The molecule has 0 aliphatic heterocycles. The Balaban J connectivity index is 0. The number of halogens is 1. The number of hydrogen-bond acceptors (Lipinski definition) is 1. The molecule has 0 spiro atoms. The maximum atomic E-state index is 10.8. The van der Waals surface area contributed by atoms with Crippen molar-refractivity contribution in [3.05, 3.63) is 0 Å². The topological polar surface area (TPSA) is 72.3 Å². The molecule has 4 N–H and O–H groups in total. The molecule has 0 heterocycles. The number of nitrogens with two attached hydrogens (primary N) is 2. The second-order valence-corrected chi connectivity index (χ2v) is 3.03. The molecule has 66 valence electrons. The average Bonchev–Trinajstić information content (AvgIpc) is 1.82. The number of carbonyl (C=O) groups excluding carboxylic acids is 1. The summed E-state index contributed by atoms with van der Waals surface area (Å²) in [6, 6.07) is 0. The van der Waals surface area contributed by atoms with E-state index in [4.69, 9.17) is 11.5 Å². The van der Waals surface area contributed by atoms with Crippen LogP contribution in [0.3, 0.4) is 0 Å². The summed E-state index contributed by atoms with van der Waals surface area (Å²) in [5.74, 6) is 0.327. The van der Waals surface area contributed by atoms with Gasteiger partial charge in [-0.3, -0.25) is 4.79 Å². The van der Waals surface area contributed by atoms with Gasteiger partial charge in [0, 0.05) is 14.1 Å². The molecule has 0 fully saturated rings. The molecule has 0 aliphatic carbocycles. The van der Waals surface area contributed by atoms with Crippen molar-refractivity contribution < 1.29 is 17.2 Å². The monoisotopic (exact) mass is 197 g/mol. The van der Waals surface area contributed by atoms with E-state index in [2.05, 4.69) is 0 Å². The van der Waals surface area contributed by atoms with Crippen LogP contribution in [0.5, 0.6) is 0 Å². The van der Waals surface area contributed by atoms with Gasteiger partial charge >= 0.3 is 5.11 Å². The summed E-state index contributed by atoms with van der Waals surface area (Å²) in [6.45, 7) is 0. The molecule has 0 saturated heterocycles. The third kappa shape index (κ3) is 7.67. The minimum Gasteiger partial charge on any atom is -1.00 e. The zero-order valence-corrected chi connectivity index (χ0v) is 8.08. The Kier molecular flexibility index (Phi) is 7.87. The highest BCUT2D eigenvalue weighted by molar-refractivity contribution is 7.79. The molecule has 1 amide bonds. The Hall–Kier alpha value is -0.230. The highest BCUT2D eigenvalue weighted by Gasteiger charge is 2.10. The van der Waals surface area contributed by atoms with Crippen LogP contribution in [-0.4, -0.2) is 35.8 Å². The van der Waals surface area contributed by atoms with Crippen molar-refractivity contribution in [3.8, 4) is 0 Å². The lowest BCUT2D eigenvalue weighted by Crippen LogP contribution is -3.00. The zero-order valence-electron chi connectivity index (χ0n) is 6.50. The van der Waals surface area contributed by atoms with Crippen LogP contribution in [0.1, 0.15) is 0 Å². The molecule has 11 heavy (non-hydrogen) atoms. The van der Waals surface area contributed by atoms with Gasteiger partial charge in [0.25, 0.3) is 11.7 Å². The zero-order chi connectivity index (χ0) is 8.15. The van der Waals surface area contributed by atoms with E-state index in [1.54, 1.807) is 14.1 Å². The van der Waals surface area contributed by atoms with Gasteiger partial charge in [-0.1, -0.05) is 0 Å². The fourth-order valence-corrected chi connectivity index (χ4v) is 0.823. The largest absolute Gasteiger partial charge is 1.00 e. The fraction of sp³-hybridized carbons (Fsp3) is 0.600. The van der Waals surface area contributed by atoms with E-state index in [1.807, 2.05) is 0 Å². The van der Waals surface area contributed by atoms with Gasteiger partial charge in [-0.05, 0) is 0 Å². The van der Waals surface area contributed by atoms with Crippen molar-refractivity contribution >= 4 is 22.4 Å². The molecular formula is C5H12ClN3OS. The number of nitrogens with zero attached hydrogens (tertiary/aromatic N) is 1. The third-order valence-corrected chi connectivity index (χ3v) is 1.59. The van der Waals surface area contributed by atoms with Gasteiger partial charge in [-0.15, -0.1) is 0 Å². The van der Waals surface area contributed by atoms with Crippen LogP contribution < -0.4 is 23.9 Å². The van der Waals surface area contributed by atoms with Crippen LogP contribution in [0.2, 0.25) is 0 Å². The van der Waals surface area contributed by atoms with Gasteiger partial charge in [0.2, 0.25) is 11.4 Å². The third-order valence-electron chi connectivity index (χ3n) is 0.861. The van der Waals surface area contributed by atoms with Crippen molar-refractivity contribution in [1.82, 2.24) is 4.90 Å². The van der Waals surface area contributed by atoms with Gasteiger partial charge in [-0.2, -0.15) is 0 Å². The lowest BCUT2D eigenvalue weighted by molar-refractivity contribution is -0.125. The van der Waals surface area contributed by atoms with Crippen molar-refractivity contribution in [2.45, 2.75) is 0 Å². The van der Waals surface area contributed by atoms with Gasteiger partial charge in [0.15, 0.2) is 0 Å². The molecule has 6 heteroatoms. The van der Waals surface area contributed by atoms with E-state index in [9.17, 15) is 4.79 Å². The second-order valence-electron chi connectivity index (χ2n) is 1.98. The minimum atomic E-state index is 0. The molecule has 0 bridgehead atoms. The molecule has 0 radical (unpaired) electrons. The minimum absolute atomic E-state index is 0. The molecular weight excluding hydrogens is 186 g/mol. The number of hydrogen-bond donors (Lipinski definition) is 2. The lowest BCUT2D eigenvalue weighted by Gasteiger charge is -2.02. The van der Waals surface area contributed by atoms with Crippen molar-refractivity contribution in [2.75, 3.05) is 19.8 Å². The highest BCUT2D eigenvalue weighted by atomic mass is 35.5. The van der Waals surface area contributed by atoms with Crippen LogP contribution in [0.4, 0.5) is 0 Å². The van der Waals surface area contributed by atoms with Crippen LogP contribution in [0.15, 0.2) is 0 Å². The van der Waals surface area contributed by atoms with Crippen molar-refractivity contribution in [1.29, 1.82) is 0 Å². The van der Waals surface area contributed by atoms with Crippen molar-refractivity contribution in [2.24, 2.45) is 11.5 Å². The maximum Gasteiger partial charge on any atom is 0.315 e. The van der Waals surface area contributed by atoms with Crippen LogP contribution >= 0.6 is 0 Å². The first-order valence-electron chi connectivity index (χ1n) is 2.75. The van der Waals surface area contributed by atoms with Crippen LogP contribution in [-0.2, 0) is 16.1 Å². The Morgan fingerprint density at radius 3 is 2.18 bits per heavy atom. The number of rotatable bonds is 2. The van der Waals surface area contributed by atoms with E-state index >= 15 is 0 Å². The Bertz CT molecular complexity index is 156. The number of amides is 1. The normalized spacial score (nSPS) is 8.00. The van der Waals surface area contributed by atoms with E-state index in [0.717, 1.165) is 11.4 Å². The lowest BCUT2D eigenvalue weighted by atomic mass is 10.6. The van der Waals surface area contributed by atoms with Crippen LogP contribution in [0, 0.1) is 0 Å². The molecule has 0 unspecified atom stereocenters. The first-order chi connectivity index (χ1) is 4.54. The molecule has 0 rings (SSSR count). The summed E-state index contributed by atoms with van der Waals surface area (Å²) in [5.41, 5.74) is 10.3. The fourth-order valence-electron chi connectivity index (χ4n) is 0.274. The smallest absolute Gasteiger partial charge is 0.315 e. The Morgan fingerprint density at radius 2 is 1.91 bits per heavy atom. The molecule has 0 saturated carbocycles. The van der Waals surface area contributed by atoms with Gasteiger partial charge < -0.3 is 17.3 Å². The quantitative estimate of drug-likeness (QED) is 0.345. The van der Waals surface area contributed by atoms with Crippen molar-refractivity contribution in [3.63, 3.8) is 0 Å². The van der Waals surface area contributed by atoms with Gasteiger partial charge in [0.1, 0.15) is 0 Å². The predicted molar refractivity (Wildman–Crippen MR) is 44.3 cm³/mol. The Labute approximate surface area is 76.3 Å². The predicted octanol–water partition coefficient (Wildman–Crippen LogP) is -4.83. The van der Waals surface area contributed by atoms with E-state index in [-0.39, 0.29) is 23.4 Å². The average molecular weight is 198 g/mol. The maximum absolute atomic E-state index is 10.8. The van der Waals surface area contributed by atoms with Gasteiger partial charge in [-0.25, -0.2) is 11.5 Å². The van der Waals surface area contributed by atoms with Gasteiger partial charge in [0.05, 0.1) is 0 Å². The molecule has 0 aliphatic rings. The highest BCUT2D eigenvalue weighted by Crippen LogP contribution is 1.76. The molecule has 4 nitrogen and oxygen atoms in total. The second kappa shape index (κ2) is 6.48. The molecule has 0 aromatic rings. The van der Waals surface area contributed by atoms with E-state index in [1.165, 1.54) is 4.90 Å². The van der Waals surface area contributed by atoms with E-state index < -0.39 is 0 Å². The standard InChI is InChI=1S/C5H12N3OS.ClH/c1-8(2)4(9)3-10-5(6)7;/h3,6-7H2,1-2H3;1H/q+1;/p-1. The summed E-state index contributed by atoms with van der Waals surface area (Å²) < 4.78 is 0. The SMILES string of the molecule is CN(C)C(=O)C[S+]=C(N)N.[Cl-]. The molecule has 0 aromatic heterocycles. The molecule has 0 atom stereocenters. The summed E-state index contributed by atoms with van der Waals surface area (Å²) in [6.07, 6.45) is 0. The summed E-state index contributed by atoms with van der Waals surface area (Å²) >= 11 is 1.15. The molecule has 0 aromatic carbocycles. The summed E-state index contributed by atoms with van der Waals surface area (Å²) in [7, 11) is 3.38.